The van der Waals surface area contributed by atoms with Crippen LogP contribution in [0, 0.1) is 5.82 Å². The predicted octanol–water partition coefficient (Wildman–Crippen LogP) is 3.29. The maximum Gasteiger partial charge on any atom is 0.278 e. The van der Waals surface area contributed by atoms with Gasteiger partial charge in [0.05, 0.1) is 4.90 Å². The van der Waals surface area contributed by atoms with E-state index in [4.69, 9.17) is 11.6 Å². The summed E-state index contributed by atoms with van der Waals surface area (Å²) >= 11 is 5.81. The van der Waals surface area contributed by atoms with E-state index in [0.29, 0.717) is 0 Å². The molecule has 1 N–H and O–H groups in total. The smallest absolute Gasteiger partial charge is 0.278 e. The first-order chi connectivity index (χ1) is 11.0. The zero-order valence-electron chi connectivity index (χ0n) is 12.4. The molecule has 1 aromatic heterocycles. The summed E-state index contributed by atoms with van der Waals surface area (Å²) in [6.07, 6.45) is -1.06. The Kier molecular flexibility index (Phi) is 3.97. The molecule has 0 bridgehead atoms. The maximum atomic E-state index is 13.8. The Balaban J connectivity index is 2.31. The lowest BCUT2D eigenvalue weighted by Crippen LogP contribution is -2.32. The highest BCUT2D eigenvalue weighted by atomic mass is 35.5. The van der Waals surface area contributed by atoms with Crippen LogP contribution in [0.4, 0.5) is 13.2 Å². The van der Waals surface area contributed by atoms with Crippen LogP contribution in [-0.2, 0) is 16.3 Å². The third-order valence-electron chi connectivity index (χ3n) is 4.01. The molecule has 0 amide bonds. The van der Waals surface area contributed by atoms with E-state index in [1.165, 1.54) is 10.6 Å². The Bertz CT molecular complexity index is 904. The Labute approximate surface area is 141 Å². The van der Waals surface area contributed by atoms with Gasteiger partial charge in [0, 0.05) is 40.8 Å². The molecule has 0 unspecified atom stereocenters. The van der Waals surface area contributed by atoms with Crippen LogP contribution in [0.3, 0.4) is 0 Å². The van der Waals surface area contributed by atoms with Gasteiger partial charge in [0.25, 0.3) is 5.92 Å². The Morgan fingerprint density at radius 1 is 1.33 bits per heavy atom. The largest absolute Gasteiger partial charge is 0.382 e. The lowest BCUT2D eigenvalue weighted by atomic mass is 9.91. The predicted molar refractivity (Wildman–Crippen MR) is 82.1 cm³/mol. The van der Waals surface area contributed by atoms with Gasteiger partial charge in [-0.3, -0.25) is 0 Å². The number of sulfone groups is 1. The van der Waals surface area contributed by atoms with E-state index in [1.54, 1.807) is 0 Å². The zero-order valence-corrected chi connectivity index (χ0v) is 14.0. The molecule has 130 valence electrons. The average molecular weight is 380 g/mol. The molecule has 1 aliphatic carbocycles. The van der Waals surface area contributed by atoms with Crippen molar-refractivity contribution in [1.29, 1.82) is 0 Å². The van der Waals surface area contributed by atoms with Gasteiger partial charge in [-0.1, -0.05) is 11.6 Å². The highest BCUT2D eigenvalue weighted by Crippen LogP contribution is 2.45. The molecule has 0 saturated heterocycles. The van der Waals surface area contributed by atoms with E-state index < -0.39 is 39.0 Å². The molecule has 1 heterocycles. The van der Waals surface area contributed by atoms with E-state index in [1.807, 2.05) is 0 Å². The number of aliphatic hydroxyl groups is 1. The lowest BCUT2D eigenvalue weighted by molar-refractivity contribution is -0.123. The van der Waals surface area contributed by atoms with Crippen LogP contribution in [0.1, 0.15) is 23.8 Å². The molecular weight excluding hydrogens is 367 g/mol. The minimum absolute atomic E-state index is 0.0787. The van der Waals surface area contributed by atoms with Gasteiger partial charge in [-0.25, -0.2) is 21.6 Å². The Morgan fingerprint density at radius 2 is 2.00 bits per heavy atom. The molecule has 0 radical (unpaired) electrons. The Hall–Kier alpha value is -1.51. The summed E-state index contributed by atoms with van der Waals surface area (Å²) in [7, 11) is -3.88. The number of alkyl halides is 2. The van der Waals surface area contributed by atoms with Gasteiger partial charge < -0.3 is 9.67 Å². The fourth-order valence-corrected chi connectivity index (χ4v) is 4.06. The van der Waals surface area contributed by atoms with Gasteiger partial charge in [-0.15, -0.1) is 0 Å². The number of nitrogens with zero attached hydrogens (tertiary/aromatic N) is 1. The second kappa shape index (κ2) is 5.50. The second-order valence-electron chi connectivity index (χ2n) is 5.79. The van der Waals surface area contributed by atoms with E-state index in [-0.39, 0.29) is 28.4 Å². The van der Waals surface area contributed by atoms with Crippen molar-refractivity contribution in [3.63, 3.8) is 0 Å². The summed E-state index contributed by atoms with van der Waals surface area (Å²) in [5.74, 6) is -4.08. The molecule has 1 aromatic carbocycles. The standard InChI is InChI=1S/C15H13ClF3NO3S/c1-24(22,23)12-7-20(10-5-8(16)4-9(17)6-10)11-2-3-15(18,19)14(21)13(11)12/h4-7,14,21H,2-3H2,1H3/t14-/m0/s1. The zero-order chi connectivity index (χ0) is 17.9. The van der Waals surface area contributed by atoms with Gasteiger partial charge in [0.2, 0.25) is 0 Å². The summed E-state index contributed by atoms with van der Waals surface area (Å²) in [6.45, 7) is 0. The molecular formula is C15H13ClF3NO3S. The molecule has 0 aliphatic heterocycles. The van der Waals surface area contributed by atoms with Gasteiger partial charge in [-0.05, 0) is 24.6 Å². The number of aromatic nitrogens is 1. The summed E-state index contributed by atoms with van der Waals surface area (Å²) < 4.78 is 66.5. The number of benzene rings is 1. The van der Waals surface area contributed by atoms with Crippen molar-refractivity contribution in [2.45, 2.75) is 29.8 Å². The molecule has 0 fully saturated rings. The molecule has 1 aliphatic rings. The number of aliphatic hydroxyl groups excluding tert-OH is 1. The highest BCUT2D eigenvalue weighted by Gasteiger charge is 2.47. The molecule has 2 aromatic rings. The van der Waals surface area contributed by atoms with Gasteiger partial charge >= 0.3 is 0 Å². The van der Waals surface area contributed by atoms with E-state index in [9.17, 15) is 26.7 Å². The number of hydrogen-bond acceptors (Lipinski definition) is 3. The third kappa shape index (κ3) is 2.82. The summed E-state index contributed by atoms with van der Waals surface area (Å²) in [5, 5.41) is 10.1. The van der Waals surface area contributed by atoms with Crippen molar-refractivity contribution in [2.24, 2.45) is 0 Å². The van der Waals surface area contributed by atoms with Crippen molar-refractivity contribution in [3.8, 4) is 5.69 Å². The van der Waals surface area contributed by atoms with Crippen LogP contribution in [0.25, 0.3) is 5.69 Å². The second-order valence-corrected chi connectivity index (χ2v) is 8.21. The summed E-state index contributed by atoms with van der Waals surface area (Å²) in [5.41, 5.74) is 0.0632. The van der Waals surface area contributed by atoms with Crippen LogP contribution in [0.2, 0.25) is 5.02 Å². The van der Waals surface area contributed by atoms with Crippen molar-refractivity contribution >= 4 is 21.4 Å². The fraction of sp³-hybridized carbons (Fsp3) is 0.333. The fourth-order valence-electron chi connectivity index (χ4n) is 2.92. The summed E-state index contributed by atoms with van der Waals surface area (Å²) in [6, 6.07) is 3.56. The molecule has 3 rings (SSSR count). The lowest BCUT2D eigenvalue weighted by Gasteiger charge is -2.29. The summed E-state index contributed by atoms with van der Waals surface area (Å²) in [4.78, 5) is -0.398. The van der Waals surface area contributed by atoms with E-state index >= 15 is 0 Å². The Morgan fingerprint density at radius 3 is 2.58 bits per heavy atom. The monoisotopic (exact) mass is 379 g/mol. The normalized spacial score (nSPS) is 20.0. The quantitative estimate of drug-likeness (QED) is 0.871. The minimum Gasteiger partial charge on any atom is -0.382 e. The number of rotatable bonds is 2. The highest BCUT2D eigenvalue weighted by molar-refractivity contribution is 7.90. The van der Waals surface area contributed by atoms with E-state index in [0.717, 1.165) is 24.6 Å². The van der Waals surface area contributed by atoms with Crippen LogP contribution in [-0.4, -0.2) is 30.3 Å². The number of hydrogen-bond donors (Lipinski definition) is 1. The van der Waals surface area contributed by atoms with Gasteiger partial charge in [0.1, 0.15) is 11.9 Å². The van der Waals surface area contributed by atoms with E-state index in [2.05, 4.69) is 0 Å². The average Bonchev–Trinajstić information content (AvgIpc) is 2.82. The molecule has 4 nitrogen and oxygen atoms in total. The maximum absolute atomic E-state index is 13.8. The molecule has 9 heteroatoms. The SMILES string of the molecule is CS(=O)(=O)c1cn(-c2cc(F)cc(Cl)c2)c2c1[C@H](O)C(F)(F)CC2. The van der Waals surface area contributed by atoms with Gasteiger partial charge in [-0.2, -0.15) is 0 Å². The van der Waals surface area contributed by atoms with Crippen LogP contribution < -0.4 is 0 Å². The van der Waals surface area contributed by atoms with Crippen LogP contribution >= 0.6 is 11.6 Å². The minimum atomic E-state index is -3.88. The molecule has 0 spiro atoms. The first-order valence-electron chi connectivity index (χ1n) is 6.97. The van der Waals surface area contributed by atoms with Crippen molar-refractivity contribution in [1.82, 2.24) is 4.57 Å². The first kappa shape index (κ1) is 17.3. The van der Waals surface area contributed by atoms with Crippen molar-refractivity contribution < 1.29 is 26.7 Å². The third-order valence-corrected chi connectivity index (χ3v) is 5.35. The number of fused-ring (bicyclic) bond motifs is 1. The topological polar surface area (TPSA) is 59.3 Å². The van der Waals surface area contributed by atoms with Crippen molar-refractivity contribution in [3.05, 3.63) is 46.5 Å². The van der Waals surface area contributed by atoms with Crippen LogP contribution in [0.15, 0.2) is 29.3 Å². The first-order valence-corrected chi connectivity index (χ1v) is 9.24. The molecule has 0 saturated carbocycles. The number of halogens is 4. The molecule has 1 atom stereocenters. The van der Waals surface area contributed by atoms with Gasteiger partial charge in [0.15, 0.2) is 9.84 Å². The van der Waals surface area contributed by atoms with Crippen molar-refractivity contribution in [2.75, 3.05) is 6.26 Å². The molecule has 24 heavy (non-hydrogen) atoms. The van der Waals surface area contributed by atoms with Crippen LogP contribution in [0.5, 0.6) is 0 Å².